The lowest BCUT2D eigenvalue weighted by molar-refractivity contribution is 0.401. The molecule has 7 heteroatoms. The van der Waals surface area contributed by atoms with Gasteiger partial charge in [0.15, 0.2) is 0 Å². The predicted octanol–water partition coefficient (Wildman–Crippen LogP) is 1.94. The first-order valence-electron chi connectivity index (χ1n) is 6.35. The van der Waals surface area contributed by atoms with Crippen LogP contribution in [-0.4, -0.2) is 27.0 Å². The number of unbranched alkanes of at least 4 members (excludes halogenated alkanes) is 3. The maximum absolute atomic E-state index is 11.0. The molecule has 0 aliphatic carbocycles. The first-order chi connectivity index (χ1) is 9.04. The molecule has 1 aromatic rings. The van der Waals surface area contributed by atoms with Crippen LogP contribution in [0.2, 0.25) is 0 Å². The molecule has 0 saturated heterocycles. The van der Waals surface area contributed by atoms with E-state index in [9.17, 15) is 8.42 Å². The Balaban J connectivity index is 2.11. The molecule has 0 amide bonds. The Labute approximate surface area is 119 Å². The molecule has 0 atom stereocenters. The molecule has 19 heavy (non-hydrogen) atoms. The molecular weight excluding hydrogens is 284 g/mol. The fraction of sp³-hybridized carbons (Fsp3) is 0.667. The number of hydrogen-bond acceptors (Lipinski definition) is 5. The van der Waals surface area contributed by atoms with Crippen LogP contribution in [0.3, 0.4) is 0 Å². The average Bonchev–Trinajstić information content (AvgIpc) is 2.81. The van der Waals surface area contributed by atoms with Crippen molar-refractivity contribution in [3.05, 3.63) is 17.9 Å². The van der Waals surface area contributed by atoms with Crippen LogP contribution in [0.1, 0.15) is 31.4 Å². The van der Waals surface area contributed by atoms with Gasteiger partial charge in [0.2, 0.25) is 5.09 Å². The molecular formula is C12H22N2O3S2. The van der Waals surface area contributed by atoms with Gasteiger partial charge in [-0.05, 0) is 43.5 Å². The van der Waals surface area contributed by atoms with Crippen molar-refractivity contribution in [3.63, 3.8) is 0 Å². The molecule has 0 aliphatic rings. The minimum Gasteiger partial charge on any atom is -0.447 e. The Kier molecular flexibility index (Phi) is 7.52. The van der Waals surface area contributed by atoms with Crippen molar-refractivity contribution in [2.45, 2.75) is 37.3 Å². The lowest BCUT2D eigenvalue weighted by Crippen LogP contribution is -2.14. The number of nitrogens with two attached hydrogens (primary N) is 1. The summed E-state index contributed by atoms with van der Waals surface area (Å²) in [6, 6.07) is 3.01. The number of rotatable bonds is 10. The van der Waals surface area contributed by atoms with E-state index in [-0.39, 0.29) is 5.09 Å². The summed E-state index contributed by atoms with van der Waals surface area (Å²) in [7, 11) is -3.73. The lowest BCUT2D eigenvalue weighted by Gasteiger charge is -2.02. The molecule has 0 spiro atoms. The van der Waals surface area contributed by atoms with Crippen LogP contribution in [0, 0.1) is 0 Å². The van der Waals surface area contributed by atoms with E-state index in [1.807, 2.05) is 11.8 Å². The predicted molar refractivity (Wildman–Crippen MR) is 78.6 cm³/mol. The second-order valence-corrected chi connectivity index (χ2v) is 6.83. The van der Waals surface area contributed by atoms with E-state index in [1.165, 1.54) is 31.1 Å². The van der Waals surface area contributed by atoms with Crippen LogP contribution >= 0.6 is 11.8 Å². The van der Waals surface area contributed by atoms with Crippen molar-refractivity contribution in [1.29, 1.82) is 0 Å². The van der Waals surface area contributed by atoms with Gasteiger partial charge in [-0.25, -0.2) is 13.6 Å². The normalized spacial score (nSPS) is 11.9. The maximum Gasteiger partial charge on any atom is 0.271 e. The van der Waals surface area contributed by atoms with E-state index in [0.717, 1.165) is 13.0 Å². The molecule has 0 radical (unpaired) electrons. The van der Waals surface area contributed by atoms with Gasteiger partial charge in [0.1, 0.15) is 5.76 Å². The van der Waals surface area contributed by atoms with Gasteiger partial charge in [0.05, 0.1) is 6.54 Å². The summed E-state index contributed by atoms with van der Waals surface area (Å²) in [5, 5.41) is 8.00. The molecule has 1 rings (SSSR count). The maximum atomic E-state index is 11.0. The topological polar surface area (TPSA) is 85.3 Å². The summed E-state index contributed by atoms with van der Waals surface area (Å²) in [4.78, 5) is 0. The van der Waals surface area contributed by atoms with Crippen LogP contribution in [-0.2, 0) is 16.6 Å². The van der Waals surface area contributed by atoms with Crippen molar-refractivity contribution in [2.24, 2.45) is 5.14 Å². The molecule has 0 saturated carbocycles. The summed E-state index contributed by atoms with van der Waals surface area (Å²) in [5.41, 5.74) is 0. The van der Waals surface area contributed by atoms with Crippen molar-refractivity contribution < 1.29 is 12.8 Å². The fourth-order valence-electron chi connectivity index (χ4n) is 1.67. The fourth-order valence-corrected chi connectivity index (χ4v) is 2.64. The molecule has 0 fully saturated rings. The van der Waals surface area contributed by atoms with Gasteiger partial charge in [0, 0.05) is 0 Å². The quantitative estimate of drug-likeness (QED) is 0.645. The third-order valence-electron chi connectivity index (χ3n) is 2.67. The molecule has 0 unspecified atom stereocenters. The molecule has 0 aliphatic heterocycles. The third-order valence-corrected chi connectivity index (χ3v) is 4.15. The Bertz CT molecular complexity index is 457. The molecule has 0 aromatic carbocycles. The van der Waals surface area contributed by atoms with Gasteiger partial charge in [-0.1, -0.05) is 12.8 Å². The smallest absolute Gasteiger partial charge is 0.271 e. The molecule has 1 aromatic heterocycles. The number of thioether (sulfide) groups is 1. The van der Waals surface area contributed by atoms with Gasteiger partial charge >= 0.3 is 0 Å². The number of nitrogens with one attached hydrogen (secondary N) is 1. The van der Waals surface area contributed by atoms with Gasteiger partial charge < -0.3 is 9.73 Å². The number of primary sulfonamides is 1. The summed E-state index contributed by atoms with van der Waals surface area (Å²) >= 11 is 1.88. The van der Waals surface area contributed by atoms with Crippen LogP contribution in [0.25, 0.3) is 0 Å². The molecule has 3 N–H and O–H groups in total. The first-order valence-corrected chi connectivity index (χ1v) is 9.29. The van der Waals surface area contributed by atoms with Crippen molar-refractivity contribution >= 4 is 21.8 Å². The van der Waals surface area contributed by atoms with Crippen molar-refractivity contribution in [2.75, 3.05) is 18.6 Å². The van der Waals surface area contributed by atoms with Crippen molar-refractivity contribution in [1.82, 2.24) is 5.32 Å². The molecule has 110 valence electrons. The Morgan fingerprint density at radius 2 is 2.00 bits per heavy atom. The number of sulfonamides is 1. The monoisotopic (exact) mass is 306 g/mol. The van der Waals surface area contributed by atoms with Crippen LogP contribution in [0.15, 0.2) is 21.6 Å². The molecule has 1 heterocycles. The molecule has 5 nitrogen and oxygen atoms in total. The molecule has 0 bridgehead atoms. The minimum atomic E-state index is -3.73. The zero-order valence-electron chi connectivity index (χ0n) is 11.2. The van der Waals surface area contributed by atoms with E-state index >= 15 is 0 Å². The highest BCUT2D eigenvalue weighted by Gasteiger charge is 2.12. The van der Waals surface area contributed by atoms with Crippen LogP contribution < -0.4 is 10.5 Å². The minimum absolute atomic E-state index is 0.179. The second kappa shape index (κ2) is 8.63. The van der Waals surface area contributed by atoms with Crippen molar-refractivity contribution in [3.8, 4) is 0 Å². The average molecular weight is 306 g/mol. The van der Waals surface area contributed by atoms with Gasteiger partial charge in [0.25, 0.3) is 10.0 Å². The Morgan fingerprint density at radius 1 is 1.26 bits per heavy atom. The van der Waals surface area contributed by atoms with E-state index in [2.05, 4.69) is 11.6 Å². The largest absolute Gasteiger partial charge is 0.447 e. The summed E-state index contributed by atoms with van der Waals surface area (Å²) in [5.74, 6) is 1.82. The summed E-state index contributed by atoms with van der Waals surface area (Å²) < 4.78 is 27.1. The van der Waals surface area contributed by atoms with Crippen LogP contribution in [0.5, 0.6) is 0 Å². The van der Waals surface area contributed by atoms with E-state index < -0.39 is 10.0 Å². The highest BCUT2D eigenvalue weighted by molar-refractivity contribution is 7.98. The third kappa shape index (κ3) is 7.00. The standard InChI is InChI=1S/C12H22N2O3S2/c1-18-9-5-3-2-4-8-14-10-11-6-7-12(17-11)19(13,15)16/h6-7,14H,2-5,8-10H2,1H3,(H2,13,15,16). The van der Waals surface area contributed by atoms with Gasteiger partial charge in [-0.2, -0.15) is 11.8 Å². The number of furan rings is 1. The SMILES string of the molecule is CSCCCCCCNCc1ccc(S(N)(=O)=O)o1. The zero-order chi connectivity index (χ0) is 14.1. The summed E-state index contributed by atoms with van der Waals surface area (Å²) in [6.07, 6.45) is 7.00. The lowest BCUT2D eigenvalue weighted by atomic mass is 10.2. The van der Waals surface area contributed by atoms with Crippen LogP contribution in [0.4, 0.5) is 0 Å². The Morgan fingerprint density at radius 3 is 2.63 bits per heavy atom. The van der Waals surface area contributed by atoms with E-state index in [1.54, 1.807) is 6.07 Å². The zero-order valence-corrected chi connectivity index (χ0v) is 12.9. The second-order valence-electron chi connectivity index (χ2n) is 4.35. The Hall–Kier alpha value is -0.500. The highest BCUT2D eigenvalue weighted by atomic mass is 32.2. The van der Waals surface area contributed by atoms with E-state index in [4.69, 9.17) is 9.56 Å². The first kappa shape index (κ1) is 16.6. The highest BCUT2D eigenvalue weighted by Crippen LogP contribution is 2.11. The summed E-state index contributed by atoms with van der Waals surface area (Å²) in [6.45, 7) is 1.44. The number of hydrogen-bond donors (Lipinski definition) is 2. The van der Waals surface area contributed by atoms with E-state index in [0.29, 0.717) is 12.3 Å². The van der Waals surface area contributed by atoms with Gasteiger partial charge in [-0.15, -0.1) is 0 Å². The van der Waals surface area contributed by atoms with Gasteiger partial charge in [-0.3, -0.25) is 0 Å².